The van der Waals surface area contributed by atoms with Crippen LogP contribution in [0.4, 0.5) is 10.1 Å². The molecule has 2 N–H and O–H groups in total. The molecule has 1 heterocycles. The zero-order valence-corrected chi connectivity index (χ0v) is 9.60. The number of para-hydroxylation sites is 1. The number of hydrogen-bond donors (Lipinski definition) is 1. The lowest BCUT2D eigenvalue weighted by molar-refractivity contribution is 0.628. The van der Waals surface area contributed by atoms with Crippen LogP contribution in [0.5, 0.6) is 0 Å². The smallest absolute Gasteiger partial charge is 0.123 e. The molecule has 0 bridgehead atoms. The highest BCUT2D eigenvalue weighted by molar-refractivity contribution is 5.90. The standard InChI is InChI=1S/C15H11FN2/c16-12-7-4-10(5-8-12)14-9-6-11-2-1-3-13(17)15(11)18-14/h1-9H,17H2. The first kappa shape index (κ1) is 10.7. The van der Waals surface area contributed by atoms with Gasteiger partial charge in [0.15, 0.2) is 0 Å². The molecule has 18 heavy (non-hydrogen) atoms. The van der Waals surface area contributed by atoms with Gasteiger partial charge < -0.3 is 5.73 Å². The Kier molecular flexibility index (Phi) is 2.45. The quantitative estimate of drug-likeness (QED) is 0.657. The highest BCUT2D eigenvalue weighted by Crippen LogP contribution is 2.24. The van der Waals surface area contributed by atoms with Crippen molar-refractivity contribution in [1.82, 2.24) is 4.98 Å². The molecule has 0 unspecified atom stereocenters. The molecule has 0 aliphatic rings. The predicted octanol–water partition coefficient (Wildman–Crippen LogP) is 3.62. The fourth-order valence-corrected chi connectivity index (χ4v) is 1.95. The van der Waals surface area contributed by atoms with Crippen molar-refractivity contribution in [2.75, 3.05) is 5.73 Å². The van der Waals surface area contributed by atoms with Crippen LogP contribution in [-0.4, -0.2) is 4.98 Å². The Balaban J connectivity index is 2.18. The number of benzene rings is 2. The molecule has 0 spiro atoms. The van der Waals surface area contributed by atoms with E-state index in [1.165, 1.54) is 12.1 Å². The van der Waals surface area contributed by atoms with Gasteiger partial charge in [0.05, 0.1) is 16.9 Å². The molecular weight excluding hydrogens is 227 g/mol. The van der Waals surface area contributed by atoms with Crippen LogP contribution in [0.25, 0.3) is 22.2 Å². The van der Waals surface area contributed by atoms with Crippen LogP contribution in [0.15, 0.2) is 54.6 Å². The number of pyridine rings is 1. The van der Waals surface area contributed by atoms with Gasteiger partial charge in [0.1, 0.15) is 5.82 Å². The van der Waals surface area contributed by atoms with Gasteiger partial charge in [0, 0.05) is 10.9 Å². The van der Waals surface area contributed by atoms with E-state index >= 15 is 0 Å². The second-order valence-corrected chi connectivity index (χ2v) is 4.12. The summed E-state index contributed by atoms with van der Waals surface area (Å²) >= 11 is 0. The SMILES string of the molecule is Nc1cccc2ccc(-c3ccc(F)cc3)nc12. The van der Waals surface area contributed by atoms with Crippen molar-refractivity contribution < 1.29 is 4.39 Å². The van der Waals surface area contributed by atoms with Crippen molar-refractivity contribution in [3.8, 4) is 11.3 Å². The monoisotopic (exact) mass is 238 g/mol. The zero-order chi connectivity index (χ0) is 12.5. The first-order chi connectivity index (χ1) is 8.74. The molecule has 2 aromatic carbocycles. The van der Waals surface area contributed by atoms with Crippen LogP contribution in [0.2, 0.25) is 0 Å². The van der Waals surface area contributed by atoms with Crippen molar-refractivity contribution in [2.24, 2.45) is 0 Å². The zero-order valence-electron chi connectivity index (χ0n) is 9.60. The molecule has 3 rings (SSSR count). The van der Waals surface area contributed by atoms with Gasteiger partial charge >= 0.3 is 0 Å². The third-order valence-electron chi connectivity index (χ3n) is 2.89. The molecule has 1 aromatic heterocycles. The van der Waals surface area contributed by atoms with E-state index in [0.29, 0.717) is 5.69 Å². The van der Waals surface area contributed by atoms with Crippen molar-refractivity contribution in [2.45, 2.75) is 0 Å². The van der Waals surface area contributed by atoms with E-state index < -0.39 is 0 Å². The maximum atomic E-state index is 12.9. The summed E-state index contributed by atoms with van der Waals surface area (Å²) in [7, 11) is 0. The molecule has 88 valence electrons. The molecule has 0 aliphatic heterocycles. The van der Waals surface area contributed by atoms with Crippen LogP contribution >= 0.6 is 0 Å². The lowest BCUT2D eigenvalue weighted by Crippen LogP contribution is -1.91. The van der Waals surface area contributed by atoms with Crippen LogP contribution in [0.3, 0.4) is 0 Å². The number of aromatic nitrogens is 1. The predicted molar refractivity (Wildman–Crippen MR) is 71.5 cm³/mol. The van der Waals surface area contributed by atoms with E-state index in [1.807, 2.05) is 30.3 Å². The van der Waals surface area contributed by atoms with Gasteiger partial charge in [-0.2, -0.15) is 0 Å². The van der Waals surface area contributed by atoms with Crippen LogP contribution < -0.4 is 5.73 Å². The maximum absolute atomic E-state index is 12.9. The average Bonchev–Trinajstić information content (AvgIpc) is 2.40. The summed E-state index contributed by atoms with van der Waals surface area (Å²) < 4.78 is 12.9. The second kappa shape index (κ2) is 4.11. The number of nitrogens with two attached hydrogens (primary N) is 1. The number of halogens is 1. The first-order valence-electron chi connectivity index (χ1n) is 5.65. The number of hydrogen-bond acceptors (Lipinski definition) is 2. The van der Waals surface area contributed by atoms with Crippen LogP contribution in [0, 0.1) is 5.82 Å². The fourth-order valence-electron chi connectivity index (χ4n) is 1.95. The summed E-state index contributed by atoms with van der Waals surface area (Å²) in [6.45, 7) is 0. The molecule has 3 aromatic rings. The highest BCUT2D eigenvalue weighted by Gasteiger charge is 2.03. The Bertz CT molecular complexity index is 705. The largest absolute Gasteiger partial charge is 0.397 e. The number of anilines is 1. The van der Waals surface area contributed by atoms with Crippen LogP contribution in [-0.2, 0) is 0 Å². The lowest BCUT2D eigenvalue weighted by Gasteiger charge is -2.05. The summed E-state index contributed by atoms with van der Waals surface area (Å²) in [5, 5.41) is 1.00. The molecule has 2 nitrogen and oxygen atoms in total. The van der Waals surface area contributed by atoms with E-state index in [4.69, 9.17) is 5.73 Å². The summed E-state index contributed by atoms with van der Waals surface area (Å²) in [6, 6.07) is 15.8. The van der Waals surface area contributed by atoms with E-state index in [0.717, 1.165) is 22.2 Å². The summed E-state index contributed by atoms with van der Waals surface area (Å²) in [5.74, 6) is -0.251. The molecule has 0 aliphatic carbocycles. The minimum atomic E-state index is -0.251. The third-order valence-corrected chi connectivity index (χ3v) is 2.89. The second-order valence-electron chi connectivity index (χ2n) is 4.12. The molecule has 0 atom stereocenters. The summed E-state index contributed by atoms with van der Waals surface area (Å²) in [6.07, 6.45) is 0. The summed E-state index contributed by atoms with van der Waals surface area (Å²) in [4.78, 5) is 4.53. The van der Waals surface area contributed by atoms with E-state index in [9.17, 15) is 4.39 Å². The van der Waals surface area contributed by atoms with Crippen molar-refractivity contribution in [3.05, 3.63) is 60.4 Å². The highest BCUT2D eigenvalue weighted by atomic mass is 19.1. The maximum Gasteiger partial charge on any atom is 0.123 e. The number of rotatable bonds is 1. The minimum Gasteiger partial charge on any atom is -0.397 e. The fraction of sp³-hybridized carbons (Fsp3) is 0. The van der Waals surface area contributed by atoms with Crippen molar-refractivity contribution >= 4 is 16.6 Å². The van der Waals surface area contributed by atoms with Crippen molar-refractivity contribution in [1.29, 1.82) is 0 Å². The molecule has 3 heteroatoms. The third kappa shape index (κ3) is 1.80. The Morgan fingerprint density at radius 3 is 2.44 bits per heavy atom. The topological polar surface area (TPSA) is 38.9 Å². The molecule has 0 fully saturated rings. The lowest BCUT2D eigenvalue weighted by atomic mass is 10.1. The first-order valence-corrected chi connectivity index (χ1v) is 5.65. The van der Waals surface area contributed by atoms with Gasteiger partial charge in [-0.1, -0.05) is 18.2 Å². The minimum absolute atomic E-state index is 0.251. The Hall–Kier alpha value is -2.42. The van der Waals surface area contributed by atoms with Crippen molar-refractivity contribution in [3.63, 3.8) is 0 Å². The van der Waals surface area contributed by atoms with Gasteiger partial charge in [-0.3, -0.25) is 0 Å². The van der Waals surface area contributed by atoms with E-state index in [1.54, 1.807) is 12.1 Å². The molecular formula is C15H11FN2. The Morgan fingerprint density at radius 2 is 1.67 bits per heavy atom. The van der Waals surface area contributed by atoms with Gasteiger partial charge in [0.25, 0.3) is 0 Å². The Morgan fingerprint density at radius 1 is 0.889 bits per heavy atom. The number of nitrogens with zero attached hydrogens (tertiary/aromatic N) is 1. The number of nitrogen functional groups attached to an aromatic ring is 1. The normalized spacial score (nSPS) is 10.7. The van der Waals surface area contributed by atoms with Gasteiger partial charge in [0.2, 0.25) is 0 Å². The Labute approximate surface area is 104 Å². The average molecular weight is 238 g/mol. The molecule has 0 radical (unpaired) electrons. The van der Waals surface area contributed by atoms with Crippen LogP contribution in [0.1, 0.15) is 0 Å². The van der Waals surface area contributed by atoms with Gasteiger partial charge in [-0.15, -0.1) is 0 Å². The molecule has 0 saturated heterocycles. The number of fused-ring (bicyclic) bond motifs is 1. The van der Waals surface area contributed by atoms with E-state index in [2.05, 4.69) is 4.98 Å². The van der Waals surface area contributed by atoms with E-state index in [-0.39, 0.29) is 5.82 Å². The summed E-state index contributed by atoms with van der Waals surface area (Å²) in [5.41, 5.74) is 9.00. The van der Waals surface area contributed by atoms with Gasteiger partial charge in [-0.05, 0) is 36.4 Å². The molecule has 0 amide bonds. The molecule has 0 saturated carbocycles. The van der Waals surface area contributed by atoms with Gasteiger partial charge in [-0.25, -0.2) is 9.37 Å².